The van der Waals surface area contributed by atoms with Crippen LogP contribution in [-0.2, 0) is 9.59 Å². The zero-order valence-corrected chi connectivity index (χ0v) is 17.6. The molecule has 1 unspecified atom stereocenters. The van der Waals surface area contributed by atoms with Gasteiger partial charge >= 0.3 is 0 Å². The fourth-order valence-corrected chi connectivity index (χ4v) is 2.84. The Kier molecular flexibility index (Phi) is 7.53. The summed E-state index contributed by atoms with van der Waals surface area (Å²) in [5.41, 5.74) is 3.57. The SMILES string of the molecule is CCC(=O)Nc1ccc(C)c(NC(=O)C(NC(=O)c2cccc(C)c2)C(C)C)c1. The molecule has 3 amide bonds. The smallest absolute Gasteiger partial charge is 0.251 e. The fraction of sp³-hybridized carbons (Fsp3) is 0.348. The van der Waals surface area contributed by atoms with Gasteiger partial charge in [-0.05, 0) is 49.6 Å². The summed E-state index contributed by atoms with van der Waals surface area (Å²) in [6.45, 7) is 9.32. The normalized spacial score (nSPS) is 11.7. The molecule has 2 rings (SSSR count). The van der Waals surface area contributed by atoms with E-state index in [9.17, 15) is 14.4 Å². The van der Waals surface area contributed by atoms with Gasteiger partial charge in [0.05, 0.1) is 0 Å². The molecule has 154 valence electrons. The van der Waals surface area contributed by atoms with Gasteiger partial charge in [0.1, 0.15) is 6.04 Å². The number of amides is 3. The summed E-state index contributed by atoms with van der Waals surface area (Å²) in [6.07, 6.45) is 0.371. The summed E-state index contributed by atoms with van der Waals surface area (Å²) in [4.78, 5) is 37.2. The Morgan fingerprint density at radius 3 is 2.31 bits per heavy atom. The third kappa shape index (κ3) is 6.17. The van der Waals surface area contributed by atoms with E-state index in [1.807, 2.05) is 45.9 Å². The minimum absolute atomic E-state index is 0.100. The summed E-state index contributed by atoms with van der Waals surface area (Å²) < 4.78 is 0. The molecule has 0 aromatic heterocycles. The Morgan fingerprint density at radius 2 is 1.69 bits per heavy atom. The Hall–Kier alpha value is -3.15. The van der Waals surface area contributed by atoms with Gasteiger partial charge in [0, 0.05) is 23.4 Å². The number of nitrogens with one attached hydrogen (secondary N) is 3. The second-order valence-corrected chi connectivity index (χ2v) is 7.49. The summed E-state index contributed by atoms with van der Waals surface area (Å²) in [6, 6.07) is 11.9. The van der Waals surface area contributed by atoms with E-state index in [0.29, 0.717) is 23.4 Å². The number of carbonyl (C=O) groups excluding carboxylic acids is 3. The van der Waals surface area contributed by atoms with Crippen molar-refractivity contribution in [2.45, 2.75) is 47.1 Å². The van der Waals surface area contributed by atoms with Crippen LogP contribution >= 0.6 is 0 Å². The molecule has 0 spiro atoms. The highest BCUT2D eigenvalue weighted by Crippen LogP contribution is 2.21. The van der Waals surface area contributed by atoms with Crippen molar-refractivity contribution in [3.8, 4) is 0 Å². The third-order valence-corrected chi connectivity index (χ3v) is 4.62. The number of anilines is 2. The minimum Gasteiger partial charge on any atom is -0.340 e. The maximum atomic E-state index is 12.9. The van der Waals surface area contributed by atoms with Gasteiger partial charge in [-0.2, -0.15) is 0 Å². The maximum absolute atomic E-state index is 12.9. The highest BCUT2D eigenvalue weighted by atomic mass is 16.2. The quantitative estimate of drug-likeness (QED) is 0.661. The van der Waals surface area contributed by atoms with E-state index in [1.54, 1.807) is 31.2 Å². The van der Waals surface area contributed by atoms with Crippen LogP contribution < -0.4 is 16.0 Å². The van der Waals surface area contributed by atoms with Gasteiger partial charge in [-0.25, -0.2) is 0 Å². The van der Waals surface area contributed by atoms with E-state index in [0.717, 1.165) is 11.1 Å². The van der Waals surface area contributed by atoms with Crippen LogP contribution in [0.2, 0.25) is 0 Å². The number of rotatable bonds is 7. The lowest BCUT2D eigenvalue weighted by molar-refractivity contribution is -0.119. The van der Waals surface area contributed by atoms with Gasteiger partial charge in [-0.1, -0.05) is 44.5 Å². The van der Waals surface area contributed by atoms with Crippen LogP contribution in [0.1, 0.15) is 48.7 Å². The highest BCUT2D eigenvalue weighted by Gasteiger charge is 2.25. The molecule has 2 aromatic carbocycles. The molecule has 0 radical (unpaired) electrons. The zero-order valence-electron chi connectivity index (χ0n) is 17.6. The molecule has 0 aliphatic rings. The summed E-state index contributed by atoms with van der Waals surface area (Å²) >= 11 is 0. The second kappa shape index (κ2) is 9.87. The molecule has 2 aromatic rings. The molecule has 3 N–H and O–H groups in total. The van der Waals surface area contributed by atoms with Crippen LogP contribution in [0.3, 0.4) is 0 Å². The Balaban J connectivity index is 2.16. The Morgan fingerprint density at radius 1 is 0.966 bits per heavy atom. The van der Waals surface area contributed by atoms with Crippen LogP contribution in [-0.4, -0.2) is 23.8 Å². The van der Waals surface area contributed by atoms with Gasteiger partial charge in [-0.3, -0.25) is 14.4 Å². The zero-order chi connectivity index (χ0) is 21.6. The molecule has 0 saturated heterocycles. The van der Waals surface area contributed by atoms with Gasteiger partial charge in [0.15, 0.2) is 0 Å². The summed E-state index contributed by atoms with van der Waals surface area (Å²) in [5.74, 6) is -0.796. The molecule has 6 nitrogen and oxygen atoms in total. The molecule has 0 aliphatic heterocycles. The molecule has 6 heteroatoms. The molecular weight excluding hydrogens is 366 g/mol. The lowest BCUT2D eigenvalue weighted by Crippen LogP contribution is -2.47. The first-order valence-electron chi connectivity index (χ1n) is 9.80. The number of benzene rings is 2. The van der Waals surface area contributed by atoms with Crippen LogP contribution in [0.15, 0.2) is 42.5 Å². The first kappa shape index (κ1) is 22.1. The topological polar surface area (TPSA) is 87.3 Å². The standard InChI is InChI=1S/C23H29N3O3/c1-6-20(27)24-18-11-10-16(5)19(13-18)25-23(29)21(14(2)3)26-22(28)17-9-7-8-15(4)12-17/h7-14,21H,6H2,1-5H3,(H,24,27)(H,25,29)(H,26,28). The molecular formula is C23H29N3O3. The van der Waals surface area contributed by atoms with E-state index < -0.39 is 6.04 Å². The first-order valence-corrected chi connectivity index (χ1v) is 9.80. The van der Waals surface area contributed by atoms with Crippen molar-refractivity contribution < 1.29 is 14.4 Å². The van der Waals surface area contributed by atoms with E-state index in [1.165, 1.54) is 0 Å². The highest BCUT2D eigenvalue weighted by molar-refractivity contribution is 6.02. The third-order valence-electron chi connectivity index (χ3n) is 4.62. The molecule has 0 heterocycles. The van der Waals surface area contributed by atoms with Crippen molar-refractivity contribution in [2.75, 3.05) is 10.6 Å². The summed E-state index contributed by atoms with van der Waals surface area (Å²) in [5, 5.41) is 8.50. The van der Waals surface area contributed by atoms with Crippen molar-refractivity contribution in [1.29, 1.82) is 0 Å². The average molecular weight is 396 g/mol. The van der Waals surface area contributed by atoms with Gasteiger partial charge in [0.25, 0.3) is 5.91 Å². The van der Waals surface area contributed by atoms with Gasteiger partial charge in [0.2, 0.25) is 11.8 Å². The largest absolute Gasteiger partial charge is 0.340 e. The maximum Gasteiger partial charge on any atom is 0.251 e. The second-order valence-electron chi connectivity index (χ2n) is 7.49. The number of hydrogen-bond acceptors (Lipinski definition) is 3. The van der Waals surface area contributed by atoms with E-state index >= 15 is 0 Å². The lowest BCUT2D eigenvalue weighted by Gasteiger charge is -2.22. The van der Waals surface area contributed by atoms with Crippen LogP contribution in [0.25, 0.3) is 0 Å². The number of carbonyl (C=O) groups is 3. The van der Waals surface area contributed by atoms with Crippen molar-refractivity contribution >= 4 is 29.1 Å². The van der Waals surface area contributed by atoms with Crippen LogP contribution in [0.5, 0.6) is 0 Å². The van der Waals surface area contributed by atoms with Crippen LogP contribution in [0.4, 0.5) is 11.4 Å². The molecule has 29 heavy (non-hydrogen) atoms. The summed E-state index contributed by atoms with van der Waals surface area (Å²) in [7, 11) is 0. The molecule has 0 fully saturated rings. The van der Waals surface area contributed by atoms with Crippen molar-refractivity contribution in [3.63, 3.8) is 0 Å². The monoisotopic (exact) mass is 395 g/mol. The average Bonchev–Trinajstić information content (AvgIpc) is 2.67. The Bertz CT molecular complexity index is 906. The number of hydrogen-bond donors (Lipinski definition) is 3. The first-order chi connectivity index (χ1) is 13.7. The van der Waals surface area contributed by atoms with Gasteiger partial charge in [-0.15, -0.1) is 0 Å². The molecule has 0 saturated carbocycles. The molecule has 0 bridgehead atoms. The van der Waals surface area contributed by atoms with E-state index in [4.69, 9.17) is 0 Å². The van der Waals surface area contributed by atoms with Gasteiger partial charge < -0.3 is 16.0 Å². The molecule has 0 aliphatic carbocycles. The number of aryl methyl sites for hydroxylation is 2. The lowest BCUT2D eigenvalue weighted by atomic mass is 10.0. The predicted octanol–water partition coefficient (Wildman–Crippen LogP) is 4.05. The van der Waals surface area contributed by atoms with Crippen molar-refractivity contribution in [2.24, 2.45) is 5.92 Å². The van der Waals surface area contributed by atoms with Crippen molar-refractivity contribution in [1.82, 2.24) is 5.32 Å². The fourth-order valence-electron chi connectivity index (χ4n) is 2.84. The molecule has 1 atom stereocenters. The minimum atomic E-state index is -0.698. The van der Waals surface area contributed by atoms with E-state index in [2.05, 4.69) is 16.0 Å². The van der Waals surface area contributed by atoms with E-state index in [-0.39, 0.29) is 23.6 Å². The Labute approximate surface area is 172 Å². The predicted molar refractivity (Wildman–Crippen MR) is 116 cm³/mol. The van der Waals surface area contributed by atoms with Crippen molar-refractivity contribution in [3.05, 3.63) is 59.2 Å². The van der Waals surface area contributed by atoms with Crippen LogP contribution in [0, 0.1) is 19.8 Å².